The highest BCUT2D eigenvalue weighted by Crippen LogP contribution is 2.20. The summed E-state index contributed by atoms with van der Waals surface area (Å²) in [6, 6.07) is 8.43. The lowest BCUT2D eigenvalue weighted by atomic mass is 10.00. The lowest BCUT2D eigenvalue weighted by Crippen LogP contribution is -2.36. The van der Waals surface area contributed by atoms with E-state index in [4.69, 9.17) is 0 Å². The molecule has 126 valence electrons. The number of hydrogen-bond acceptors (Lipinski definition) is 4. The third-order valence-corrected chi connectivity index (χ3v) is 5.85. The Bertz CT molecular complexity index is 721. The highest BCUT2D eigenvalue weighted by atomic mass is 32.1. The average Bonchev–Trinajstić information content (AvgIpc) is 3.27. The normalized spacial score (nSPS) is 17.9. The minimum Gasteiger partial charge on any atom is -0.338 e. The summed E-state index contributed by atoms with van der Waals surface area (Å²) in [6.45, 7) is 4.86. The molecule has 1 aromatic carbocycles. The average molecular weight is 341 g/mol. The lowest BCUT2D eigenvalue weighted by molar-refractivity contribution is -0.131. The molecule has 0 unspecified atom stereocenters. The molecule has 0 aliphatic carbocycles. The summed E-state index contributed by atoms with van der Waals surface area (Å²) in [5.41, 5.74) is 3.59. The minimum absolute atomic E-state index is 0.197. The summed E-state index contributed by atoms with van der Waals surface area (Å²) in [5.74, 6) is 0.197. The second-order valence-electron chi connectivity index (χ2n) is 6.73. The molecule has 0 bridgehead atoms. The molecule has 4 nitrogen and oxygen atoms in total. The summed E-state index contributed by atoms with van der Waals surface area (Å²) < 4.78 is 0. The monoisotopic (exact) mass is 341 g/mol. The summed E-state index contributed by atoms with van der Waals surface area (Å²) in [7, 11) is 0. The number of likely N-dealkylation sites (tertiary alicyclic amines) is 1. The van der Waals surface area contributed by atoms with Gasteiger partial charge in [0.25, 0.3) is 0 Å². The van der Waals surface area contributed by atoms with Gasteiger partial charge in [-0.1, -0.05) is 24.3 Å². The third kappa shape index (κ3) is 3.52. The quantitative estimate of drug-likeness (QED) is 0.858. The van der Waals surface area contributed by atoms with Gasteiger partial charge in [-0.05, 0) is 43.5 Å². The van der Waals surface area contributed by atoms with Crippen LogP contribution in [0.15, 0.2) is 29.6 Å². The summed E-state index contributed by atoms with van der Waals surface area (Å²) in [4.78, 5) is 21.7. The predicted octanol–water partition coefficient (Wildman–Crippen LogP) is 2.87. The first-order valence-electron chi connectivity index (χ1n) is 8.78. The maximum atomic E-state index is 12.6. The van der Waals surface area contributed by atoms with Gasteiger partial charge in [0.1, 0.15) is 5.01 Å². The first kappa shape index (κ1) is 15.8. The fourth-order valence-electron chi connectivity index (χ4n) is 3.61. The zero-order chi connectivity index (χ0) is 16.4. The molecule has 4 rings (SSSR count). The van der Waals surface area contributed by atoms with Crippen LogP contribution in [0.25, 0.3) is 0 Å². The predicted molar refractivity (Wildman–Crippen MR) is 95.9 cm³/mol. The number of aromatic nitrogens is 1. The smallest absolute Gasteiger partial charge is 0.228 e. The van der Waals surface area contributed by atoms with Gasteiger partial charge in [0, 0.05) is 18.5 Å². The minimum atomic E-state index is 0.197. The lowest BCUT2D eigenvalue weighted by Gasteiger charge is -2.28. The number of benzene rings is 1. The highest BCUT2D eigenvalue weighted by Gasteiger charge is 2.21. The summed E-state index contributed by atoms with van der Waals surface area (Å²) in [5, 5.41) is 3.20. The van der Waals surface area contributed by atoms with Crippen LogP contribution in [0.3, 0.4) is 0 Å². The van der Waals surface area contributed by atoms with Gasteiger partial charge in [-0.25, -0.2) is 4.98 Å². The van der Waals surface area contributed by atoms with E-state index in [1.54, 1.807) is 11.3 Å². The van der Waals surface area contributed by atoms with Crippen LogP contribution in [0.2, 0.25) is 0 Å². The number of rotatable bonds is 4. The van der Waals surface area contributed by atoms with Gasteiger partial charge < -0.3 is 4.90 Å². The Morgan fingerprint density at radius 3 is 2.75 bits per heavy atom. The van der Waals surface area contributed by atoms with Gasteiger partial charge in [0.2, 0.25) is 5.91 Å². The van der Waals surface area contributed by atoms with Gasteiger partial charge in [-0.15, -0.1) is 11.3 Å². The number of thiazole rings is 1. The molecule has 1 aromatic heterocycles. The number of carbonyl (C=O) groups is 1. The Balaban J connectivity index is 1.35. The van der Waals surface area contributed by atoms with E-state index in [-0.39, 0.29) is 5.91 Å². The molecular formula is C19H23N3OS. The molecular weight excluding hydrogens is 318 g/mol. The molecule has 1 amide bonds. The van der Waals surface area contributed by atoms with Gasteiger partial charge in [-0.3, -0.25) is 9.69 Å². The van der Waals surface area contributed by atoms with Crippen molar-refractivity contribution in [1.29, 1.82) is 0 Å². The van der Waals surface area contributed by atoms with Gasteiger partial charge >= 0.3 is 0 Å². The molecule has 5 heteroatoms. The standard InChI is InChI=1S/C19H23N3OS/c23-19(22-10-7-15-5-1-2-6-16(15)12-22)11-17-14-24-18(20-17)13-21-8-3-4-9-21/h1-2,5-6,14H,3-4,7-13H2. The van der Waals surface area contributed by atoms with Crippen molar-refractivity contribution in [1.82, 2.24) is 14.8 Å². The Morgan fingerprint density at radius 2 is 1.92 bits per heavy atom. The van der Waals surface area contributed by atoms with Crippen LogP contribution in [0.1, 0.15) is 34.7 Å². The Kier molecular flexibility index (Phi) is 4.63. The van der Waals surface area contributed by atoms with Crippen LogP contribution in [0.4, 0.5) is 0 Å². The van der Waals surface area contributed by atoms with Gasteiger partial charge in [0.05, 0.1) is 18.7 Å². The molecule has 0 saturated carbocycles. The van der Waals surface area contributed by atoms with E-state index in [1.807, 2.05) is 4.90 Å². The zero-order valence-corrected chi connectivity index (χ0v) is 14.7. The van der Waals surface area contributed by atoms with E-state index in [0.29, 0.717) is 6.42 Å². The van der Waals surface area contributed by atoms with Crippen molar-refractivity contribution in [3.63, 3.8) is 0 Å². The van der Waals surface area contributed by atoms with Crippen LogP contribution in [-0.2, 0) is 30.7 Å². The highest BCUT2D eigenvalue weighted by molar-refractivity contribution is 7.09. The van der Waals surface area contributed by atoms with E-state index < -0.39 is 0 Å². The van der Waals surface area contributed by atoms with Crippen LogP contribution in [0, 0.1) is 0 Å². The summed E-state index contributed by atoms with van der Waals surface area (Å²) >= 11 is 1.69. The van der Waals surface area contributed by atoms with E-state index in [9.17, 15) is 4.79 Å². The molecule has 0 spiro atoms. The van der Waals surface area contributed by atoms with Crippen molar-refractivity contribution < 1.29 is 4.79 Å². The molecule has 2 aromatic rings. The molecule has 2 aliphatic rings. The second kappa shape index (κ2) is 7.03. The van der Waals surface area contributed by atoms with E-state index >= 15 is 0 Å². The fraction of sp³-hybridized carbons (Fsp3) is 0.474. The van der Waals surface area contributed by atoms with Crippen LogP contribution < -0.4 is 0 Å². The van der Waals surface area contributed by atoms with Crippen molar-refractivity contribution >= 4 is 17.2 Å². The van der Waals surface area contributed by atoms with Crippen molar-refractivity contribution in [3.05, 3.63) is 51.5 Å². The first-order chi connectivity index (χ1) is 11.8. The van der Waals surface area contributed by atoms with E-state index in [1.165, 1.54) is 37.1 Å². The van der Waals surface area contributed by atoms with Crippen molar-refractivity contribution in [2.75, 3.05) is 19.6 Å². The molecule has 3 heterocycles. The van der Waals surface area contributed by atoms with Crippen LogP contribution in [-0.4, -0.2) is 40.3 Å². The number of amides is 1. The van der Waals surface area contributed by atoms with Crippen molar-refractivity contribution in [2.24, 2.45) is 0 Å². The number of carbonyl (C=O) groups excluding carboxylic acids is 1. The van der Waals surface area contributed by atoms with Crippen molar-refractivity contribution in [2.45, 2.75) is 38.8 Å². The van der Waals surface area contributed by atoms with E-state index in [0.717, 1.165) is 36.8 Å². The topological polar surface area (TPSA) is 36.4 Å². The van der Waals surface area contributed by atoms with E-state index in [2.05, 4.69) is 39.5 Å². The second-order valence-corrected chi connectivity index (χ2v) is 7.67. The number of fused-ring (bicyclic) bond motifs is 1. The third-order valence-electron chi connectivity index (χ3n) is 4.97. The SMILES string of the molecule is O=C(Cc1csc(CN2CCCC2)n1)N1CCc2ccccc2C1. The largest absolute Gasteiger partial charge is 0.338 e. The molecule has 0 N–H and O–H groups in total. The molecule has 2 aliphatic heterocycles. The maximum absolute atomic E-state index is 12.6. The Labute approximate surface area is 147 Å². The zero-order valence-electron chi connectivity index (χ0n) is 13.9. The molecule has 0 radical (unpaired) electrons. The Morgan fingerprint density at radius 1 is 1.12 bits per heavy atom. The van der Waals surface area contributed by atoms with Gasteiger partial charge in [-0.2, -0.15) is 0 Å². The Hall–Kier alpha value is -1.72. The molecule has 0 atom stereocenters. The molecule has 1 saturated heterocycles. The number of nitrogens with zero attached hydrogens (tertiary/aromatic N) is 3. The van der Waals surface area contributed by atoms with Crippen molar-refractivity contribution in [3.8, 4) is 0 Å². The summed E-state index contributed by atoms with van der Waals surface area (Å²) in [6.07, 6.45) is 3.98. The molecule has 24 heavy (non-hydrogen) atoms. The van der Waals surface area contributed by atoms with Crippen LogP contribution >= 0.6 is 11.3 Å². The van der Waals surface area contributed by atoms with Gasteiger partial charge in [0.15, 0.2) is 0 Å². The first-order valence-corrected chi connectivity index (χ1v) is 9.66. The number of hydrogen-bond donors (Lipinski definition) is 0. The van der Waals surface area contributed by atoms with Crippen LogP contribution in [0.5, 0.6) is 0 Å². The molecule has 1 fully saturated rings. The maximum Gasteiger partial charge on any atom is 0.228 e. The fourth-order valence-corrected chi connectivity index (χ4v) is 4.45.